The topological polar surface area (TPSA) is 57.2 Å². The molecule has 1 aromatic carbocycles. The summed E-state index contributed by atoms with van der Waals surface area (Å²) in [6.07, 6.45) is 4.13. The van der Waals surface area contributed by atoms with Gasteiger partial charge in [-0.15, -0.1) is 6.58 Å². The van der Waals surface area contributed by atoms with E-state index in [2.05, 4.69) is 60.4 Å². The van der Waals surface area contributed by atoms with E-state index in [0.717, 1.165) is 23.3 Å². The monoisotopic (exact) mass is 534 g/mol. The molecule has 0 saturated heterocycles. The number of hydrogen-bond acceptors (Lipinski definition) is 5. The van der Waals surface area contributed by atoms with Gasteiger partial charge < -0.3 is 23.7 Å². The Balaban J connectivity index is 3.01. The minimum absolute atomic E-state index is 0.00444. The Kier molecular flexibility index (Phi) is 13.8. The third kappa shape index (κ3) is 10.3. The van der Waals surface area contributed by atoms with Crippen molar-refractivity contribution < 1.29 is 23.7 Å². The van der Waals surface area contributed by atoms with Crippen LogP contribution in [0.5, 0.6) is 5.75 Å². The van der Waals surface area contributed by atoms with Crippen molar-refractivity contribution in [1.82, 2.24) is 0 Å². The maximum absolute atomic E-state index is 10.7. The third-order valence-electron chi connectivity index (χ3n) is 8.00. The first-order valence-corrected chi connectivity index (χ1v) is 16.5. The fourth-order valence-corrected chi connectivity index (χ4v) is 5.74. The van der Waals surface area contributed by atoms with Crippen molar-refractivity contribution in [3.63, 3.8) is 0 Å². The Labute approximate surface area is 228 Å². The molecule has 0 aliphatic rings. The van der Waals surface area contributed by atoms with Crippen LogP contribution >= 0.6 is 0 Å². The molecule has 6 atom stereocenters. The van der Waals surface area contributed by atoms with Crippen LogP contribution in [0.25, 0.3) is 0 Å². The highest BCUT2D eigenvalue weighted by molar-refractivity contribution is 6.74. The summed E-state index contributed by atoms with van der Waals surface area (Å²) in [7, 11) is 1.39. The van der Waals surface area contributed by atoms with Gasteiger partial charge in [0.2, 0.25) is 0 Å². The first-order valence-electron chi connectivity index (χ1n) is 13.6. The predicted octanol–water partition coefficient (Wildman–Crippen LogP) is 7.41. The lowest BCUT2D eigenvalue weighted by Gasteiger charge is -2.44. The lowest BCUT2D eigenvalue weighted by molar-refractivity contribution is -0.0316. The number of ether oxygens (including phenoxy) is 3. The molecule has 1 aromatic rings. The molecule has 0 spiro atoms. The molecule has 0 aliphatic carbocycles. The van der Waals surface area contributed by atoms with Crippen LogP contribution in [0.15, 0.2) is 48.6 Å². The van der Waals surface area contributed by atoms with E-state index in [4.69, 9.17) is 18.6 Å². The van der Waals surface area contributed by atoms with Crippen LogP contribution < -0.4 is 4.74 Å². The van der Waals surface area contributed by atoms with E-state index in [0.29, 0.717) is 13.2 Å². The third-order valence-corrected chi connectivity index (χ3v) is 12.5. The van der Waals surface area contributed by atoms with Crippen molar-refractivity contribution in [2.24, 2.45) is 17.8 Å². The Morgan fingerprint density at radius 3 is 2.14 bits per heavy atom. The highest BCUT2D eigenvalue weighted by Gasteiger charge is 2.42. The van der Waals surface area contributed by atoms with Crippen molar-refractivity contribution in [1.29, 1.82) is 0 Å². The minimum Gasteiger partial charge on any atom is -0.497 e. The summed E-state index contributed by atoms with van der Waals surface area (Å²) in [4.78, 5) is 0. The molecule has 5 nitrogen and oxygen atoms in total. The second-order valence-electron chi connectivity index (χ2n) is 12.0. The molecule has 0 amide bonds. The number of benzene rings is 1. The van der Waals surface area contributed by atoms with Gasteiger partial charge in [0.25, 0.3) is 0 Å². The maximum atomic E-state index is 10.7. The van der Waals surface area contributed by atoms with Crippen LogP contribution in [0.3, 0.4) is 0 Å². The van der Waals surface area contributed by atoms with Crippen molar-refractivity contribution in [3.05, 3.63) is 54.1 Å². The quantitative estimate of drug-likeness (QED) is 0.136. The van der Waals surface area contributed by atoms with Crippen molar-refractivity contribution >= 4 is 8.32 Å². The molecule has 0 bridgehead atoms. The average Bonchev–Trinajstić information content (AvgIpc) is 2.85. The summed E-state index contributed by atoms with van der Waals surface area (Å²) in [5, 5.41) is 10.8. The van der Waals surface area contributed by atoms with E-state index in [9.17, 15) is 5.11 Å². The average molecular weight is 535 g/mol. The second kappa shape index (κ2) is 15.2. The van der Waals surface area contributed by atoms with Crippen LogP contribution in [0.4, 0.5) is 0 Å². The Morgan fingerprint density at radius 2 is 1.65 bits per heavy atom. The largest absolute Gasteiger partial charge is 0.497 e. The van der Waals surface area contributed by atoms with Gasteiger partial charge in [0.1, 0.15) is 5.75 Å². The Bertz CT molecular complexity index is 827. The fraction of sp³-hybridized carbons (Fsp3) is 0.677. The number of rotatable bonds is 16. The zero-order chi connectivity index (χ0) is 28.4. The molecule has 0 aliphatic heterocycles. The van der Waals surface area contributed by atoms with Crippen LogP contribution in [0, 0.1) is 17.8 Å². The molecule has 1 N–H and O–H groups in total. The highest BCUT2D eigenvalue weighted by atomic mass is 28.4. The van der Waals surface area contributed by atoms with Crippen LogP contribution in [0.1, 0.15) is 60.5 Å². The molecule has 1 rings (SSSR count). The predicted molar refractivity (Wildman–Crippen MR) is 158 cm³/mol. The molecule has 0 saturated carbocycles. The fourth-order valence-electron chi connectivity index (χ4n) is 4.28. The smallest absolute Gasteiger partial charge is 0.192 e. The van der Waals surface area contributed by atoms with Gasteiger partial charge in [-0.1, -0.05) is 65.8 Å². The van der Waals surface area contributed by atoms with Crippen LogP contribution in [0.2, 0.25) is 18.1 Å². The Morgan fingerprint density at radius 1 is 1.05 bits per heavy atom. The second-order valence-corrected chi connectivity index (χ2v) is 16.7. The molecule has 0 fully saturated rings. The minimum atomic E-state index is -2.05. The van der Waals surface area contributed by atoms with Crippen LogP contribution in [-0.2, 0) is 20.5 Å². The number of aliphatic hydroxyl groups is 1. The molecule has 212 valence electrons. The molecule has 0 aromatic heterocycles. The SMILES string of the molecule is C=C[C@H](C)[C@H](O)/C(C)=C/[C@@H](C)[C@H](O[Si](C)(C)C(C)(C)C)[C@H](C)[C@@H](CCOCc1ccc(OC)cc1)OC. The van der Waals surface area contributed by atoms with Crippen molar-refractivity contribution in [2.45, 2.75) is 97.9 Å². The first kappa shape index (κ1) is 33.6. The normalized spacial score (nSPS) is 18.0. The summed E-state index contributed by atoms with van der Waals surface area (Å²) < 4.78 is 24.3. The van der Waals surface area contributed by atoms with Crippen molar-refractivity contribution in [2.75, 3.05) is 20.8 Å². The standard InChI is InChI=1S/C31H54O5Si/c1-13-22(2)29(32)23(3)20-24(4)30(36-37(11,12)31(6,7)8)25(5)28(34-10)18-19-35-21-26-14-16-27(33-9)17-15-26/h13-17,20,22,24-25,28-30,32H,1,18-19,21H2,2-12H3/b23-20+/t22-,24+,25+,28+,29-,30-/m0/s1. The van der Waals surface area contributed by atoms with E-state index in [1.165, 1.54) is 0 Å². The number of aliphatic hydroxyl groups excluding tert-OH is 1. The molecule has 6 heteroatoms. The van der Waals surface area contributed by atoms with Gasteiger partial charge >= 0.3 is 0 Å². The van der Waals surface area contributed by atoms with Crippen LogP contribution in [-0.4, -0.2) is 52.6 Å². The van der Waals surface area contributed by atoms with E-state index in [1.807, 2.05) is 38.1 Å². The number of hydrogen-bond donors (Lipinski definition) is 1. The molecule has 0 radical (unpaired) electrons. The zero-order valence-electron chi connectivity index (χ0n) is 25.3. The van der Waals surface area contributed by atoms with Gasteiger partial charge in [-0.2, -0.15) is 0 Å². The van der Waals surface area contributed by atoms with Gasteiger partial charge in [0, 0.05) is 25.6 Å². The molecule has 0 heterocycles. The first-order chi connectivity index (χ1) is 17.2. The van der Waals surface area contributed by atoms with E-state index < -0.39 is 14.4 Å². The summed E-state index contributed by atoms with van der Waals surface area (Å²) >= 11 is 0. The Hall–Kier alpha value is -1.44. The lowest BCUT2D eigenvalue weighted by Crippen LogP contribution is -2.49. The molecular weight excluding hydrogens is 480 g/mol. The molecule has 0 unspecified atom stereocenters. The summed E-state index contributed by atoms with van der Waals surface area (Å²) in [5.74, 6) is 1.08. The lowest BCUT2D eigenvalue weighted by atomic mass is 9.86. The molecule has 37 heavy (non-hydrogen) atoms. The van der Waals surface area contributed by atoms with Gasteiger partial charge in [0.15, 0.2) is 8.32 Å². The molecular formula is C31H54O5Si. The van der Waals surface area contributed by atoms with Gasteiger partial charge in [-0.3, -0.25) is 0 Å². The summed E-state index contributed by atoms with van der Waals surface area (Å²) in [6.45, 7) is 24.8. The maximum Gasteiger partial charge on any atom is 0.192 e. The zero-order valence-corrected chi connectivity index (χ0v) is 26.3. The summed E-state index contributed by atoms with van der Waals surface area (Å²) in [6, 6.07) is 7.95. The number of methoxy groups -OCH3 is 2. The summed E-state index contributed by atoms with van der Waals surface area (Å²) in [5.41, 5.74) is 2.07. The van der Waals surface area contributed by atoms with E-state index in [-0.39, 0.29) is 35.0 Å². The van der Waals surface area contributed by atoms with E-state index >= 15 is 0 Å². The van der Waals surface area contributed by atoms with Gasteiger partial charge in [-0.25, -0.2) is 0 Å². The van der Waals surface area contributed by atoms with Gasteiger partial charge in [-0.05, 0) is 60.7 Å². The van der Waals surface area contributed by atoms with Crippen molar-refractivity contribution in [3.8, 4) is 5.75 Å². The highest BCUT2D eigenvalue weighted by Crippen LogP contribution is 2.40. The van der Waals surface area contributed by atoms with E-state index in [1.54, 1.807) is 20.3 Å². The van der Waals surface area contributed by atoms with Gasteiger partial charge in [0.05, 0.1) is 32.0 Å².